The van der Waals surface area contributed by atoms with Crippen molar-refractivity contribution in [1.29, 1.82) is 0 Å². The van der Waals surface area contributed by atoms with E-state index in [1.165, 1.54) is 42.7 Å². The van der Waals surface area contributed by atoms with E-state index in [-0.39, 0.29) is 22.9 Å². The van der Waals surface area contributed by atoms with Crippen LogP contribution >= 0.6 is 0 Å². The highest BCUT2D eigenvalue weighted by atomic mass is 19.1. The third kappa shape index (κ3) is 4.55. The molecule has 0 atom stereocenters. The minimum absolute atomic E-state index is 0.229. The van der Waals surface area contributed by atoms with E-state index < -0.39 is 5.91 Å². The van der Waals surface area contributed by atoms with Crippen LogP contribution in [0.25, 0.3) is 0 Å². The van der Waals surface area contributed by atoms with Gasteiger partial charge < -0.3 is 10.6 Å². The lowest BCUT2D eigenvalue weighted by molar-refractivity contribution is 0.102. The molecule has 0 fully saturated rings. The molecule has 5 nitrogen and oxygen atoms in total. The molecule has 27 heavy (non-hydrogen) atoms. The highest BCUT2D eigenvalue weighted by Gasteiger charge is 2.13. The van der Waals surface area contributed by atoms with Crippen molar-refractivity contribution in [3.05, 3.63) is 89.0 Å². The molecule has 0 aliphatic rings. The van der Waals surface area contributed by atoms with E-state index in [4.69, 9.17) is 0 Å². The minimum Gasteiger partial charge on any atom is -0.322 e. The summed E-state index contributed by atoms with van der Waals surface area (Å²) in [5.74, 6) is -1.18. The van der Waals surface area contributed by atoms with Gasteiger partial charge in [-0.2, -0.15) is 0 Å². The first-order chi connectivity index (χ1) is 12.9. The highest BCUT2D eigenvalue weighted by molar-refractivity contribution is 6.08. The molecule has 0 aliphatic carbocycles. The zero-order chi connectivity index (χ0) is 19.4. The Kier molecular flexibility index (Phi) is 5.26. The standard InChI is InChI=1S/C21H18FN3O2/c1-13-3-8-19(14(2)9-13)25-21(27)16-10-15(11-23-12-16)20(26)24-18-6-4-17(22)5-7-18/h3-12H,1-2H3,(H,24,26)(H,25,27). The van der Waals surface area contributed by atoms with Gasteiger partial charge in [-0.15, -0.1) is 0 Å². The molecule has 2 N–H and O–H groups in total. The van der Waals surface area contributed by atoms with E-state index in [0.29, 0.717) is 11.4 Å². The second-order valence-electron chi connectivity index (χ2n) is 6.20. The number of amides is 2. The molecule has 0 radical (unpaired) electrons. The first kappa shape index (κ1) is 18.3. The molecular weight excluding hydrogens is 345 g/mol. The average molecular weight is 363 g/mol. The Hall–Kier alpha value is -3.54. The zero-order valence-electron chi connectivity index (χ0n) is 14.9. The van der Waals surface area contributed by atoms with Gasteiger partial charge in [0.15, 0.2) is 0 Å². The second-order valence-corrected chi connectivity index (χ2v) is 6.20. The van der Waals surface area contributed by atoms with Crippen molar-refractivity contribution in [2.45, 2.75) is 13.8 Å². The normalized spacial score (nSPS) is 10.3. The maximum atomic E-state index is 13.0. The Balaban J connectivity index is 1.75. The summed E-state index contributed by atoms with van der Waals surface area (Å²) in [7, 11) is 0. The van der Waals surface area contributed by atoms with E-state index in [1.807, 2.05) is 32.0 Å². The summed E-state index contributed by atoms with van der Waals surface area (Å²) >= 11 is 0. The Morgan fingerprint density at radius 1 is 0.852 bits per heavy atom. The van der Waals surface area contributed by atoms with Gasteiger partial charge in [-0.25, -0.2) is 4.39 Å². The van der Waals surface area contributed by atoms with E-state index in [2.05, 4.69) is 15.6 Å². The predicted molar refractivity (Wildman–Crippen MR) is 102 cm³/mol. The van der Waals surface area contributed by atoms with Crippen LogP contribution in [0.1, 0.15) is 31.8 Å². The van der Waals surface area contributed by atoms with Crippen molar-refractivity contribution in [1.82, 2.24) is 4.98 Å². The van der Waals surface area contributed by atoms with Gasteiger partial charge in [-0.05, 0) is 55.8 Å². The fourth-order valence-electron chi connectivity index (χ4n) is 2.57. The van der Waals surface area contributed by atoms with Gasteiger partial charge in [0.05, 0.1) is 11.1 Å². The van der Waals surface area contributed by atoms with Crippen LogP contribution in [0.5, 0.6) is 0 Å². The summed E-state index contributed by atoms with van der Waals surface area (Å²) in [6, 6.07) is 12.6. The number of pyridine rings is 1. The fourth-order valence-corrected chi connectivity index (χ4v) is 2.57. The zero-order valence-corrected chi connectivity index (χ0v) is 14.9. The molecule has 1 heterocycles. The topological polar surface area (TPSA) is 71.1 Å². The van der Waals surface area contributed by atoms with E-state index in [9.17, 15) is 14.0 Å². The van der Waals surface area contributed by atoms with Gasteiger partial charge in [0.2, 0.25) is 0 Å². The van der Waals surface area contributed by atoms with Gasteiger partial charge in [-0.3, -0.25) is 14.6 Å². The van der Waals surface area contributed by atoms with Crippen LogP contribution in [-0.2, 0) is 0 Å². The monoisotopic (exact) mass is 363 g/mol. The molecule has 0 unspecified atom stereocenters. The number of nitrogens with zero attached hydrogens (tertiary/aromatic N) is 1. The van der Waals surface area contributed by atoms with Gasteiger partial charge in [0, 0.05) is 23.8 Å². The van der Waals surface area contributed by atoms with Crippen molar-refractivity contribution in [3.8, 4) is 0 Å². The van der Waals surface area contributed by atoms with Crippen LogP contribution in [0, 0.1) is 19.7 Å². The summed E-state index contributed by atoms with van der Waals surface area (Å²) in [6.45, 7) is 3.89. The maximum absolute atomic E-state index is 13.0. The Bertz CT molecular complexity index is 1000. The number of hydrogen-bond acceptors (Lipinski definition) is 3. The van der Waals surface area contributed by atoms with Gasteiger partial charge in [-0.1, -0.05) is 17.7 Å². The summed E-state index contributed by atoms with van der Waals surface area (Å²) in [5.41, 5.74) is 3.70. The smallest absolute Gasteiger partial charge is 0.257 e. The number of aryl methyl sites for hydroxylation is 2. The lowest BCUT2D eigenvalue weighted by atomic mass is 10.1. The van der Waals surface area contributed by atoms with Crippen LogP contribution in [0.2, 0.25) is 0 Å². The number of carbonyl (C=O) groups is 2. The van der Waals surface area contributed by atoms with Gasteiger partial charge in [0.25, 0.3) is 11.8 Å². The Morgan fingerprint density at radius 2 is 1.48 bits per heavy atom. The summed E-state index contributed by atoms with van der Waals surface area (Å²) in [5, 5.41) is 5.46. The van der Waals surface area contributed by atoms with Crippen molar-refractivity contribution < 1.29 is 14.0 Å². The largest absolute Gasteiger partial charge is 0.322 e. The molecule has 3 aromatic rings. The minimum atomic E-state index is -0.435. The van der Waals surface area contributed by atoms with Gasteiger partial charge in [0.1, 0.15) is 5.82 Å². The summed E-state index contributed by atoms with van der Waals surface area (Å²) < 4.78 is 13.0. The van der Waals surface area contributed by atoms with Gasteiger partial charge >= 0.3 is 0 Å². The number of benzene rings is 2. The summed E-state index contributed by atoms with van der Waals surface area (Å²) in [6.07, 6.45) is 2.76. The highest BCUT2D eigenvalue weighted by Crippen LogP contribution is 2.17. The van der Waals surface area contributed by atoms with E-state index in [0.717, 1.165) is 11.1 Å². The number of halogens is 1. The SMILES string of the molecule is Cc1ccc(NC(=O)c2cncc(C(=O)Nc3ccc(F)cc3)c2)c(C)c1. The second kappa shape index (κ2) is 7.78. The van der Waals surface area contributed by atoms with Crippen LogP contribution in [0.15, 0.2) is 60.9 Å². The molecule has 6 heteroatoms. The number of rotatable bonds is 4. The van der Waals surface area contributed by atoms with Crippen molar-refractivity contribution >= 4 is 23.2 Å². The fraction of sp³-hybridized carbons (Fsp3) is 0.0952. The number of anilines is 2. The Morgan fingerprint density at radius 3 is 2.11 bits per heavy atom. The first-order valence-corrected chi connectivity index (χ1v) is 8.33. The molecule has 2 aromatic carbocycles. The van der Waals surface area contributed by atoms with E-state index >= 15 is 0 Å². The quantitative estimate of drug-likeness (QED) is 0.724. The van der Waals surface area contributed by atoms with Crippen LogP contribution < -0.4 is 10.6 Å². The lowest BCUT2D eigenvalue weighted by Crippen LogP contribution is -2.16. The Labute approximate surface area is 156 Å². The van der Waals surface area contributed by atoms with Crippen molar-refractivity contribution in [2.75, 3.05) is 10.6 Å². The molecule has 0 spiro atoms. The van der Waals surface area contributed by atoms with E-state index in [1.54, 1.807) is 0 Å². The number of nitrogens with one attached hydrogen (secondary N) is 2. The number of hydrogen-bond donors (Lipinski definition) is 2. The molecule has 0 saturated carbocycles. The molecule has 1 aromatic heterocycles. The van der Waals surface area contributed by atoms with Crippen LogP contribution in [-0.4, -0.2) is 16.8 Å². The predicted octanol–water partition coefficient (Wildman–Crippen LogP) is 4.34. The molecule has 2 amide bonds. The lowest BCUT2D eigenvalue weighted by Gasteiger charge is -2.10. The molecule has 0 saturated heterocycles. The molecular formula is C21H18FN3O2. The maximum Gasteiger partial charge on any atom is 0.257 e. The molecule has 136 valence electrons. The number of aromatic nitrogens is 1. The first-order valence-electron chi connectivity index (χ1n) is 8.33. The van der Waals surface area contributed by atoms with Crippen molar-refractivity contribution in [3.63, 3.8) is 0 Å². The number of carbonyl (C=O) groups excluding carboxylic acids is 2. The average Bonchev–Trinajstić information content (AvgIpc) is 2.66. The molecule has 0 bridgehead atoms. The molecule has 0 aliphatic heterocycles. The van der Waals surface area contributed by atoms with Crippen LogP contribution in [0.4, 0.5) is 15.8 Å². The third-order valence-corrected chi connectivity index (χ3v) is 3.99. The summed E-state index contributed by atoms with van der Waals surface area (Å²) in [4.78, 5) is 28.8. The third-order valence-electron chi connectivity index (χ3n) is 3.99. The van der Waals surface area contributed by atoms with Crippen LogP contribution in [0.3, 0.4) is 0 Å². The molecule has 3 rings (SSSR count). The van der Waals surface area contributed by atoms with Crippen molar-refractivity contribution in [2.24, 2.45) is 0 Å².